The fourth-order valence-corrected chi connectivity index (χ4v) is 3.06. The van der Waals surface area contributed by atoms with Crippen molar-refractivity contribution in [3.05, 3.63) is 24.5 Å². The highest BCUT2D eigenvalue weighted by Gasteiger charge is 2.34. The summed E-state index contributed by atoms with van der Waals surface area (Å²) >= 11 is 1.68. The molecule has 2 N–H and O–H groups in total. The van der Waals surface area contributed by atoms with Crippen molar-refractivity contribution in [2.75, 3.05) is 6.54 Å². The molecule has 0 spiro atoms. The Morgan fingerprint density at radius 2 is 2.16 bits per heavy atom. The van der Waals surface area contributed by atoms with Gasteiger partial charge in [0.2, 0.25) is 0 Å². The second-order valence-corrected chi connectivity index (χ2v) is 6.39. The van der Waals surface area contributed by atoms with E-state index in [1.807, 2.05) is 19.1 Å². The summed E-state index contributed by atoms with van der Waals surface area (Å²) in [6.07, 6.45) is 5.01. The van der Waals surface area contributed by atoms with Gasteiger partial charge in [0.15, 0.2) is 0 Å². The van der Waals surface area contributed by atoms with Crippen LogP contribution in [0, 0.1) is 0 Å². The van der Waals surface area contributed by atoms with E-state index in [4.69, 9.17) is 0 Å². The first kappa shape index (κ1) is 16.0. The van der Waals surface area contributed by atoms with E-state index in [1.54, 1.807) is 31.1 Å². The maximum Gasteiger partial charge on any atom is 0.323 e. The number of rotatable bonds is 8. The predicted octanol–water partition coefficient (Wildman–Crippen LogP) is 2.80. The van der Waals surface area contributed by atoms with Gasteiger partial charge in [0.05, 0.1) is 0 Å². The number of aliphatic carboxylic acids is 1. The summed E-state index contributed by atoms with van der Waals surface area (Å²) in [4.78, 5) is 16.5. The maximum absolute atomic E-state index is 11.4. The average Bonchev–Trinajstić information content (AvgIpc) is 2.37. The quantitative estimate of drug-likeness (QED) is 0.718. The van der Waals surface area contributed by atoms with Gasteiger partial charge in [-0.2, -0.15) is 0 Å². The zero-order valence-corrected chi connectivity index (χ0v) is 12.5. The zero-order chi connectivity index (χ0) is 14.3. The van der Waals surface area contributed by atoms with E-state index in [0.29, 0.717) is 6.42 Å². The molecule has 0 saturated heterocycles. The van der Waals surface area contributed by atoms with Crippen LogP contribution < -0.4 is 5.32 Å². The highest BCUT2D eigenvalue weighted by atomic mass is 32.2. The molecule has 1 aromatic rings. The molecule has 0 aliphatic carbocycles. The topological polar surface area (TPSA) is 62.2 Å². The summed E-state index contributed by atoms with van der Waals surface area (Å²) < 4.78 is 0. The Labute approximate surface area is 119 Å². The molecule has 0 radical (unpaired) electrons. The van der Waals surface area contributed by atoms with Gasteiger partial charge in [0, 0.05) is 22.5 Å². The average molecular weight is 282 g/mol. The third-order valence-corrected chi connectivity index (χ3v) is 4.03. The number of nitrogens with one attached hydrogen (secondary N) is 1. The molecule has 1 heterocycles. The smallest absolute Gasteiger partial charge is 0.323 e. The van der Waals surface area contributed by atoms with Gasteiger partial charge >= 0.3 is 5.97 Å². The molecule has 0 bridgehead atoms. The van der Waals surface area contributed by atoms with E-state index in [2.05, 4.69) is 17.2 Å². The molecular weight excluding hydrogens is 260 g/mol. The van der Waals surface area contributed by atoms with Gasteiger partial charge in [-0.25, -0.2) is 0 Å². The Bertz CT molecular complexity index is 400. The highest BCUT2D eigenvalue weighted by Crippen LogP contribution is 2.28. The lowest BCUT2D eigenvalue weighted by Crippen LogP contribution is -2.51. The number of pyridine rings is 1. The van der Waals surface area contributed by atoms with Crippen molar-refractivity contribution >= 4 is 17.7 Å². The number of hydrogen-bond donors (Lipinski definition) is 2. The first-order valence-corrected chi connectivity index (χ1v) is 7.41. The Morgan fingerprint density at radius 3 is 2.68 bits per heavy atom. The lowest BCUT2D eigenvalue weighted by molar-refractivity contribution is -0.144. The maximum atomic E-state index is 11.4. The van der Waals surface area contributed by atoms with Gasteiger partial charge < -0.3 is 10.4 Å². The summed E-state index contributed by atoms with van der Waals surface area (Å²) in [6, 6.07) is 3.89. The molecule has 19 heavy (non-hydrogen) atoms. The lowest BCUT2D eigenvalue weighted by Gasteiger charge is -2.29. The van der Waals surface area contributed by atoms with Gasteiger partial charge in [-0.3, -0.25) is 9.78 Å². The van der Waals surface area contributed by atoms with Crippen molar-refractivity contribution in [1.82, 2.24) is 10.3 Å². The summed E-state index contributed by atoms with van der Waals surface area (Å²) in [6.45, 7) is 6.56. The van der Waals surface area contributed by atoms with Crippen LogP contribution in [0.3, 0.4) is 0 Å². The van der Waals surface area contributed by atoms with Crippen LogP contribution in [-0.4, -0.2) is 33.4 Å². The van der Waals surface area contributed by atoms with E-state index >= 15 is 0 Å². The SMILES string of the molecule is CCCNC(C)(CC(C)Sc1ccncc1)C(=O)O. The minimum atomic E-state index is -0.866. The Morgan fingerprint density at radius 1 is 1.53 bits per heavy atom. The van der Waals surface area contributed by atoms with Gasteiger partial charge in [-0.05, 0) is 38.4 Å². The van der Waals surface area contributed by atoms with Crippen LogP contribution in [0.5, 0.6) is 0 Å². The predicted molar refractivity (Wildman–Crippen MR) is 78.5 cm³/mol. The van der Waals surface area contributed by atoms with Crippen LogP contribution in [0.25, 0.3) is 0 Å². The molecule has 2 atom stereocenters. The first-order valence-electron chi connectivity index (χ1n) is 6.53. The van der Waals surface area contributed by atoms with Crippen molar-refractivity contribution in [1.29, 1.82) is 0 Å². The molecule has 5 heteroatoms. The van der Waals surface area contributed by atoms with Crippen molar-refractivity contribution in [2.45, 2.75) is 49.3 Å². The molecule has 106 valence electrons. The number of aromatic nitrogens is 1. The van der Waals surface area contributed by atoms with E-state index < -0.39 is 11.5 Å². The molecule has 0 aliphatic heterocycles. The molecule has 1 aromatic heterocycles. The normalized spacial score (nSPS) is 15.7. The number of carboxylic acid groups (broad SMARTS) is 1. The zero-order valence-electron chi connectivity index (χ0n) is 11.7. The van der Waals surface area contributed by atoms with Crippen molar-refractivity contribution < 1.29 is 9.90 Å². The molecule has 1 rings (SSSR count). The molecule has 0 amide bonds. The molecule has 0 saturated carbocycles. The number of nitrogens with zero attached hydrogens (tertiary/aromatic N) is 1. The molecule has 2 unspecified atom stereocenters. The van der Waals surface area contributed by atoms with Crippen LogP contribution in [-0.2, 0) is 4.79 Å². The van der Waals surface area contributed by atoms with Gasteiger partial charge in [0.25, 0.3) is 0 Å². The van der Waals surface area contributed by atoms with Gasteiger partial charge in [-0.15, -0.1) is 11.8 Å². The fourth-order valence-electron chi connectivity index (χ4n) is 1.90. The number of carbonyl (C=O) groups is 1. The minimum absolute atomic E-state index is 0.216. The summed E-state index contributed by atoms with van der Waals surface area (Å²) in [5.41, 5.74) is -0.866. The summed E-state index contributed by atoms with van der Waals surface area (Å²) in [5.74, 6) is -0.789. The second kappa shape index (κ2) is 7.50. The molecule has 0 aliphatic rings. The minimum Gasteiger partial charge on any atom is -0.480 e. The van der Waals surface area contributed by atoms with Crippen molar-refractivity contribution in [3.8, 4) is 0 Å². The third-order valence-electron chi connectivity index (χ3n) is 2.92. The molecule has 4 nitrogen and oxygen atoms in total. The van der Waals surface area contributed by atoms with E-state index in [1.165, 1.54) is 0 Å². The first-order chi connectivity index (χ1) is 8.98. The van der Waals surface area contributed by atoms with E-state index in [9.17, 15) is 9.90 Å². The van der Waals surface area contributed by atoms with Crippen molar-refractivity contribution in [3.63, 3.8) is 0 Å². The van der Waals surface area contributed by atoms with Crippen LogP contribution in [0.1, 0.15) is 33.6 Å². The van der Waals surface area contributed by atoms with Gasteiger partial charge in [0.1, 0.15) is 5.54 Å². The fraction of sp³-hybridized carbons (Fsp3) is 0.571. The molecular formula is C14H22N2O2S. The standard InChI is InChI=1S/C14H22N2O2S/c1-4-7-16-14(3,13(17)18)10-11(2)19-12-5-8-15-9-6-12/h5-6,8-9,11,16H,4,7,10H2,1-3H3,(H,17,18). The number of carboxylic acids is 1. The highest BCUT2D eigenvalue weighted by molar-refractivity contribution is 7.99. The van der Waals surface area contributed by atoms with Crippen LogP contribution >= 0.6 is 11.8 Å². The third kappa shape index (κ3) is 5.20. The van der Waals surface area contributed by atoms with Crippen LogP contribution in [0.4, 0.5) is 0 Å². The monoisotopic (exact) mass is 282 g/mol. The van der Waals surface area contributed by atoms with Crippen LogP contribution in [0.2, 0.25) is 0 Å². The Hall–Kier alpha value is -1.07. The van der Waals surface area contributed by atoms with Gasteiger partial charge in [-0.1, -0.05) is 13.8 Å². The Kier molecular flexibility index (Phi) is 6.31. The van der Waals surface area contributed by atoms with Crippen molar-refractivity contribution in [2.24, 2.45) is 0 Å². The van der Waals surface area contributed by atoms with Crippen LogP contribution in [0.15, 0.2) is 29.4 Å². The van der Waals surface area contributed by atoms with E-state index in [-0.39, 0.29) is 5.25 Å². The molecule has 0 fully saturated rings. The second-order valence-electron chi connectivity index (χ2n) is 4.88. The summed E-state index contributed by atoms with van der Waals surface area (Å²) in [5, 5.41) is 12.7. The lowest BCUT2D eigenvalue weighted by atomic mass is 9.96. The summed E-state index contributed by atoms with van der Waals surface area (Å²) in [7, 11) is 0. The molecule has 0 aromatic carbocycles. The largest absolute Gasteiger partial charge is 0.480 e. The number of thioether (sulfide) groups is 1. The van der Waals surface area contributed by atoms with E-state index in [0.717, 1.165) is 17.9 Å². The Balaban J connectivity index is 2.61. The number of hydrogen-bond acceptors (Lipinski definition) is 4.